The Hall–Kier alpha value is -3.14. The zero-order chi connectivity index (χ0) is 15.5. The highest BCUT2D eigenvalue weighted by atomic mass is 15.5. The van der Waals surface area contributed by atoms with Crippen molar-refractivity contribution in [2.24, 2.45) is 0 Å². The third-order valence-corrected chi connectivity index (χ3v) is 3.81. The van der Waals surface area contributed by atoms with Gasteiger partial charge in [-0.25, -0.2) is 4.68 Å². The smallest absolute Gasteiger partial charge is 0.149 e. The van der Waals surface area contributed by atoms with Crippen LogP contribution in [0.2, 0.25) is 0 Å². The lowest BCUT2D eigenvalue weighted by Crippen LogP contribution is -2.21. The number of para-hydroxylation sites is 2. The van der Waals surface area contributed by atoms with Crippen LogP contribution in [0.15, 0.2) is 84.9 Å². The zero-order valence-corrected chi connectivity index (χ0v) is 12.5. The topological polar surface area (TPSA) is 42.7 Å². The molecule has 4 aromatic rings. The molecule has 1 aromatic heterocycles. The Labute approximate surface area is 134 Å². The van der Waals surface area contributed by atoms with Crippen LogP contribution in [0.3, 0.4) is 0 Å². The lowest BCUT2D eigenvalue weighted by atomic mass is 10.1. The minimum Gasteiger partial charge on any atom is -0.360 e. The first-order valence-corrected chi connectivity index (χ1v) is 7.58. The number of fused-ring (bicyclic) bond motifs is 1. The Balaban J connectivity index is 1.82. The third kappa shape index (κ3) is 2.66. The fourth-order valence-electron chi connectivity index (χ4n) is 2.69. The van der Waals surface area contributed by atoms with Crippen LogP contribution in [-0.4, -0.2) is 15.0 Å². The van der Waals surface area contributed by atoms with E-state index in [9.17, 15) is 0 Å². The molecule has 0 unspecified atom stereocenters. The van der Waals surface area contributed by atoms with Crippen LogP contribution in [0.5, 0.6) is 0 Å². The van der Waals surface area contributed by atoms with Crippen molar-refractivity contribution < 1.29 is 0 Å². The third-order valence-electron chi connectivity index (χ3n) is 3.81. The van der Waals surface area contributed by atoms with E-state index in [2.05, 4.69) is 39.9 Å². The average Bonchev–Trinajstić information content (AvgIpc) is 3.05. The SMILES string of the molecule is c1ccc(N[C@H](c2ccccc2)n2nnc3ccccc32)cc1. The van der Waals surface area contributed by atoms with Gasteiger partial charge in [-0.1, -0.05) is 65.9 Å². The van der Waals surface area contributed by atoms with E-state index in [0.717, 1.165) is 22.3 Å². The maximum absolute atomic E-state index is 4.37. The van der Waals surface area contributed by atoms with Crippen molar-refractivity contribution >= 4 is 16.7 Å². The van der Waals surface area contributed by atoms with Crippen LogP contribution >= 0.6 is 0 Å². The van der Waals surface area contributed by atoms with E-state index in [1.165, 1.54) is 0 Å². The second-order valence-corrected chi connectivity index (χ2v) is 5.35. The van der Waals surface area contributed by atoms with Crippen LogP contribution in [0.25, 0.3) is 11.0 Å². The van der Waals surface area contributed by atoms with E-state index < -0.39 is 0 Å². The standard InChI is InChI=1S/C19H16N4/c1-3-9-15(10-4-1)19(20-16-11-5-2-6-12-16)23-18-14-8-7-13-17(18)21-22-23/h1-14,19-20H/t19-/m0/s1. The molecule has 1 N–H and O–H groups in total. The quantitative estimate of drug-likeness (QED) is 0.617. The predicted molar refractivity (Wildman–Crippen MR) is 92.2 cm³/mol. The van der Waals surface area contributed by atoms with Crippen LogP contribution in [-0.2, 0) is 0 Å². The molecule has 0 aliphatic rings. The molecule has 4 rings (SSSR count). The molecule has 4 heteroatoms. The Morgan fingerprint density at radius 3 is 2.17 bits per heavy atom. The van der Waals surface area contributed by atoms with Gasteiger partial charge in [0, 0.05) is 5.69 Å². The summed E-state index contributed by atoms with van der Waals surface area (Å²) in [5.41, 5.74) is 4.07. The molecule has 0 amide bonds. The number of rotatable bonds is 4. The molecule has 1 heterocycles. The molecule has 0 aliphatic carbocycles. The van der Waals surface area contributed by atoms with Crippen molar-refractivity contribution in [3.63, 3.8) is 0 Å². The highest BCUT2D eigenvalue weighted by molar-refractivity contribution is 5.74. The minimum atomic E-state index is -0.119. The van der Waals surface area contributed by atoms with Gasteiger partial charge in [0.15, 0.2) is 0 Å². The first kappa shape index (κ1) is 13.5. The molecule has 4 nitrogen and oxygen atoms in total. The van der Waals surface area contributed by atoms with E-state index >= 15 is 0 Å². The van der Waals surface area contributed by atoms with Gasteiger partial charge in [-0.3, -0.25) is 0 Å². The van der Waals surface area contributed by atoms with E-state index in [1.54, 1.807) is 0 Å². The molecule has 1 atom stereocenters. The number of hydrogen-bond acceptors (Lipinski definition) is 3. The number of hydrogen-bond donors (Lipinski definition) is 1. The number of benzene rings is 3. The van der Waals surface area contributed by atoms with Gasteiger partial charge in [-0.2, -0.15) is 0 Å². The number of nitrogens with zero attached hydrogens (tertiary/aromatic N) is 3. The molecule has 112 valence electrons. The summed E-state index contributed by atoms with van der Waals surface area (Å²) in [5.74, 6) is 0. The number of aromatic nitrogens is 3. The summed E-state index contributed by atoms with van der Waals surface area (Å²) in [6.45, 7) is 0. The summed E-state index contributed by atoms with van der Waals surface area (Å²) >= 11 is 0. The lowest BCUT2D eigenvalue weighted by molar-refractivity contribution is 0.571. The largest absolute Gasteiger partial charge is 0.360 e. The zero-order valence-electron chi connectivity index (χ0n) is 12.5. The van der Waals surface area contributed by atoms with Gasteiger partial charge in [0.2, 0.25) is 0 Å². The van der Waals surface area contributed by atoms with Crippen molar-refractivity contribution in [2.75, 3.05) is 5.32 Å². The Morgan fingerprint density at radius 1 is 0.739 bits per heavy atom. The van der Waals surface area contributed by atoms with Gasteiger partial charge in [-0.05, 0) is 29.8 Å². The summed E-state index contributed by atoms with van der Waals surface area (Å²) in [6.07, 6.45) is -0.119. The fourth-order valence-corrected chi connectivity index (χ4v) is 2.69. The molecule has 0 aliphatic heterocycles. The van der Waals surface area contributed by atoms with E-state index in [1.807, 2.05) is 65.3 Å². The number of nitrogens with one attached hydrogen (secondary N) is 1. The normalized spacial score (nSPS) is 12.2. The highest BCUT2D eigenvalue weighted by Gasteiger charge is 2.17. The molecular weight excluding hydrogens is 284 g/mol. The molecule has 0 radical (unpaired) electrons. The molecule has 0 fully saturated rings. The van der Waals surface area contributed by atoms with Crippen molar-refractivity contribution in [2.45, 2.75) is 6.17 Å². The van der Waals surface area contributed by atoms with Crippen molar-refractivity contribution in [3.8, 4) is 0 Å². The second kappa shape index (κ2) is 5.93. The molecule has 3 aromatic carbocycles. The molecule has 23 heavy (non-hydrogen) atoms. The first-order valence-electron chi connectivity index (χ1n) is 7.58. The Bertz CT molecular complexity index is 900. The lowest BCUT2D eigenvalue weighted by Gasteiger charge is -2.21. The van der Waals surface area contributed by atoms with Crippen molar-refractivity contribution in [3.05, 3.63) is 90.5 Å². The summed E-state index contributed by atoms with van der Waals surface area (Å²) < 4.78 is 1.93. The minimum absolute atomic E-state index is 0.119. The molecule has 0 saturated heterocycles. The van der Waals surface area contributed by atoms with Crippen molar-refractivity contribution in [1.82, 2.24) is 15.0 Å². The van der Waals surface area contributed by atoms with Gasteiger partial charge in [0.1, 0.15) is 11.7 Å². The summed E-state index contributed by atoms with van der Waals surface area (Å²) in [7, 11) is 0. The van der Waals surface area contributed by atoms with Gasteiger partial charge < -0.3 is 5.32 Å². The van der Waals surface area contributed by atoms with Crippen LogP contribution in [0, 0.1) is 0 Å². The van der Waals surface area contributed by atoms with Crippen LogP contribution in [0.4, 0.5) is 5.69 Å². The van der Waals surface area contributed by atoms with Crippen LogP contribution in [0.1, 0.15) is 11.7 Å². The van der Waals surface area contributed by atoms with Gasteiger partial charge in [-0.15, -0.1) is 5.10 Å². The van der Waals surface area contributed by atoms with E-state index in [-0.39, 0.29) is 6.17 Å². The summed E-state index contributed by atoms with van der Waals surface area (Å²) in [4.78, 5) is 0. The predicted octanol–water partition coefficient (Wildman–Crippen LogP) is 4.09. The fraction of sp³-hybridized carbons (Fsp3) is 0.0526. The monoisotopic (exact) mass is 300 g/mol. The van der Waals surface area contributed by atoms with Gasteiger partial charge >= 0.3 is 0 Å². The highest BCUT2D eigenvalue weighted by Crippen LogP contribution is 2.24. The van der Waals surface area contributed by atoms with Gasteiger partial charge in [0.05, 0.1) is 5.52 Å². The number of anilines is 1. The Kier molecular flexibility index (Phi) is 3.48. The maximum atomic E-state index is 4.37. The second-order valence-electron chi connectivity index (χ2n) is 5.35. The molecular formula is C19H16N4. The van der Waals surface area contributed by atoms with Gasteiger partial charge in [0.25, 0.3) is 0 Å². The Morgan fingerprint density at radius 2 is 1.39 bits per heavy atom. The van der Waals surface area contributed by atoms with E-state index in [0.29, 0.717) is 0 Å². The van der Waals surface area contributed by atoms with Crippen LogP contribution < -0.4 is 5.32 Å². The maximum Gasteiger partial charge on any atom is 0.149 e. The average molecular weight is 300 g/mol. The molecule has 0 bridgehead atoms. The first-order chi connectivity index (χ1) is 11.4. The summed E-state index contributed by atoms with van der Waals surface area (Å²) in [6, 6.07) is 28.4. The van der Waals surface area contributed by atoms with Crippen molar-refractivity contribution in [1.29, 1.82) is 0 Å². The van der Waals surface area contributed by atoms with E-state index in [4.69, 9.17) is 0 Å². The molecule has 0 spiro atoms. The molecule has 0 saturated carbocycles. The summed E-state index contributed by atoms with van der Waals surface area (Å²) in [5, 5.41) is 12.2.